The van der Waals surface area contributed by atoms with E-state index in [0.29, 0.717) is 0 Å². The number of aryl methyl sites for hydroxylation is 1. The molecule has 0 aliphatic carbocycles. The Morgan fingerprint density at radius 3 is 2.45 bits per heavy atom. The predicted octanol–water partition coefficient (Wildman–Crippen LogP) is 2.81. The lowest BCUT2D eigenvalue weighted by molar-refractivity contribution is 0.242. The van der Waals surface area contributed by atoms with E-state index in [4.69, 9.17) is 4.74 Å². The minimum absolute atomic E-state index is 0.215. The Kier molecular flexibility index (Phi) is 4.79. The van der Waals surface area contributed by atoms with Gasteiger partial charge < -0.3 is 10.1 Å². The molecule has 0 bridgehead atoms. The number of ether oxygens (including phenoxy) is 1. The van der Waals surface area contributed by atoms with E-state index in [1.54, 1.807) is 0 Å². The van der Waals surface area contributed by atoms with Gasteiger partial charge in [0.15, 0.2) is 0 Å². The van der Waals surface area contributed by atoms with Gasteiger partial charge in [-0.1, -0.05) is 12.1 Å². The molecule has 1 aromatic carbocycles. The lowest BCUT2D eigenvalue weighted by Gasteiger charge is -2.10. The Morgan fingerprint density at radius 2 is 1.90 bits per heavy atom. The third kappa shape index (κ3) is 3.84. The maximum Gasteiger partial charge on any atom is 0.119 e. The molecular weight excluding hydrogens is 250 g/mol. The van der Waals surface area contributed by atoms with Gasteiger partial charge in [-0.15, -0.1) is 0 Å². The fraction of sp³-hybridized carbons (Fsp3) is 0.438. The molecule has 0 saturated carbocycles. The Morgan fingerprint density at radius 1 is 1.20 bits per heavy atom. The summed E-state index contributed by atoms with van der Waals surface area (Å²) in [5.74, 6) is 0.923. The molecule has 0 radical (unpaired) electrons. The summed E-state index contributed by atoms with van der Waals surface area (Å²) in [5.41, 5.74) is 3.70. The molecule has 0 fully saturated rings. The molecule has 1 heterocycles. The van der Waals surface area contributed by atoms with E-state index in [9.17, 15) is 0 Å². The standard InChI is InChI=1S/C16H23N3O/c1-12(2)20-16-7-5-14(6-8-16)9-17-10-15-11-18-19(4)13(15)3/h5-8,11-12,17H,9-10H2,1-4H3. The summed E-state index contributed by atoms with van der Waals surface area (Å²) in [5, 5.41) is 7.68. The van der Waals surface area contributed by atoms with E-state index >= 15 is 0 Å². The molecule has 2 rings (SSSR count). The number of hydrogen-bond acceptors (Lipinski definition) is 3. The summed E-state index contributed by atoms with van der Waals surface area (Å²) >= 11 is 0. The molecule has 1 aromatic heterocycles. The van der Waals surface area contributed by atoms with Crippen molar-refractivity contribution in [2.45, 2.75) is 40.0 Å². The fourth-order valence-electron chi connectivity index (χ4n) is 2.02. The van der Waals surface area contributed by atoms with E-state index in [1.165, 1.54) is 16.8 Å². The summed E-state index contributed by atoms with van der Waals surface area (Å²) in [6.45, 7) is 7.83. The van der Waals surface area contributed by atoms with Crippen molar-refractivity contribution >= 4 is 0 Å². The number of benzene rings is 1. The van der Waals surface area contributed by atoms with Gasteiger partial charge in [-0.3, -0.25) is 4.68 Å². The first-order valence-electron chi connectivity index (χ1n) is 7.00. The van der Waals surface area contributed by atoms with Gasteiger partial charge in [0.2, 0.25) is 0 Å². The van der Waals surface area contributed by atoms with E-state index in [1.807, 2.05) is 43.9 Å². The number of rotatable bonds is 6. The highest BCUT2D eigenvalue weighted by molar-refractivity contribution is 5.27. The average Bonchev–Trinajstić information content (AvgIpc) is 2.72. The molecule has 0 unspecified atom stereocenters. The largest absolute Gasteiger partial charge is 0.491 e. The minimum atomic E-state index is 0.215. The number of hydrogen-bond donors (Lipinski definition) is 1. The van der Waals surface area contributed by atoms with Crippen molar-refractivity contribution in [2.24, 2.45) is 7.05 Å². The highest BCUT2D eigenvalue weighted by Gasteiger charge is 2.03. The molecule has 0 saturated heterocycles. The maximum absolute atomic E-state index is 5.63. The van der Waals surface area contributed by atoms with E-state index in [-0.39, 0.29) is 6.10 Å². The second-order valence-corrected chi connectivity index (χ2v) is 5.29. The molecule has 1 N–H and O–H groups in total. The van der Waals surface area contributed by atoms with Gasteiger partial charge in [0, 0.05) is 31.4 Å². The van der Waals surface area contributed by atoms with E-state index in [2.05, 4.69) is 29.5 Å². The molecule has 0 atom stereocenters. The Balaban J connectivity index is 1.83. The number of nitrogens with one attached hydrogen (secondary N) is 1. The van der Waals surface area contributed by atoms with Crippen LogP contribution < -0.4 is 10.1 Å². The van der Waals surface area contributed by atoms with Crippen LogP contribution >= 0.6 is 0 Å². The first-order chi connectivity index (χ1) is 9.56. The fourth-order valence-corrected chi connectivity index (χ4v) is 2.02. The van der Waals surface area contributed by atoms with Gasteiger partial charge in [-0.05, 0) is 38.5 Å². The van der Waals surface area contributed by atoms with Crippen molar-refractivity contribution in [3.8, 4) is 5.75 Å². The quantitative estimate of drug-likeness (QED) is 0.879. The van der Waals surface area contributed by atoms with Crippen LogP contribution in [0, 0.1) is 6.92 Å². The molecule has 0 spiro atoms. The molecule has 2 aromatic rings. The van der Waals surface area contributed by atoms with Crippen LogP contribution in [0.3, 0.4) is 0 Å². The van der Waals surface area contributed by atoms with Crippen LogP contribution in [0.5, 0.6) is 5.75 Å². The van der Waals surface area contributed by atoms with Crippen LogP contribution in [0.4, 0.5) is 0 Å². The van der Waals surface area contributed by atoms with Crippen LogP contribution in [0.2, 0.25) is 0 Å². The molecule has 0 aliphatic rings. The van der Waals surface area contributed by atoms with Crippen molar-refractivity contribution in [3.05, 3.63) is 47.3 Å². The van der Waals surface area contributed by atoms with Crippen LogP contribution in [0.1, 0.15) is 30.7 Å². The van der Waals surface area contributed by atoms with Gasteiger partial charge >= 0.3 is 0 Å². The lowest BCUT2D eigenvalue weighted by atomic mass is 10.2. The Labute approximate surface area is 120 Å². The summed E-state index contributed by atoms with van der Waals surface area (Å²) in [6.07, 6.45) is 2.13. The van der Waals surface area contributed by atoms with Gasteiger partial charge in [-0.2, -0.15) is 5.10 Å². The van der Waals surface area contributed by atoms with E-state index < -0.39 is 0 Å². The van der Waals surface area contributed by atoms with Gasteiger partial charge in [0.1, 0.15) is 5.75 Å². The van der Waals surface area contributed by atoms with Crippen LogP contribution in [0.25, 0.3) is 0 Å². The van der Waals surface area contributed by atoms with Crippen molar-refractivity contribution in [1.82, 2.24) is 15.1 Å². The summed E-state index contributed by atoms with van der Waals surface area (Å²) in [4.78, 5) is 0. The normalized spacial score (nSPS) is 11.1. The monoisotopic (exact) mass is 273 g/mol. The lowest BCUT2D eigenvalue weighted by Crippen LogP contribution is -2.13. The zero-order valence-corrected chi connectivity index (χ0v) is 12.7. The average molecular weight is 273 g/mol. The number of nitrogens with zero attached hydrogens (tertiary/aromatic N) is 2. The highest BCUT2D eigenvalue weighted by Crippen LogP contribution is 2.14. The van der Waals surface area contributed by atoms with Crippen molar-refractivity contribution in [2.75, 3.05) is 0 Å². The topological polar surface area (TPSA) is 39.1 Å². The van der Waals surface area contributed by atoms with Gasteiger partial charge in [0.05, 0.1) is 12.3 Å². The maximum atomic E-state index is 5.63. The highest BCUT2D eigenvalue weighted by atomic mass is 16.5. The van der Waals surface area contributed by atoms with Crippen LogP contribution in [0.15, 0.2) is 30.5 Å². The van der Waals surface area contributed by atoms with Gasteiger partial charge in [0.25, 0.3) is 0 Å². The molecule has 0 aliphatic heterocycles. The molecule has 0 amide bonds. The first-order valence-corrected chi connectivity index (χ1v) is 7.00. The molecule has 4 nitrogen and oxygen atoms in total. The van der Waals surface area contributed by atoms with Crippen molar-refractivity contribution in [3.63, 3.8) is 0 Å². The third-order valence-corrected chi connectivity index (χ3v) is 3.28. The zero-order chi connectivity index (χ0) is 14.5. The summed E-state index contributed by atoms with van der Waals surface area (Å²) in [7, 11) is 1.96. The summed E-state index contributed by atoms with van der Waals surface area (Å²) < 4.78 is 7.53. The van der Waals surface area contributed by atoms with Gasteiger partial charge in [-0.25, -0.2) is 0 Å². The van der Waals surface area contributed by atoms with Crippen molar-refractivity contribution in [1.29, 1.82) is 0 Å². The Bertz CT molecular complexity index is 543. The van der Waals surface area contributed by atoms with Crippen LogP contribution in [-0.2, 0) is 20.1 Å². The second-order valence-electron chi connectivity index (χ2n) is 5.29. The van der Waals surface area contributed by atoms with Crippen molar-refractivity contribution < 1.29 is 4.74 Å². The third-order valence-electron chi connectivity index (χ3n) is 3.28. The Hall–Kier alpha value is -1.81. The minimum Gasteiger partial charge on any atom is -0.491 e. The first kappa shape index (κ1) is 14.6. The zero-order valence-electron chi connectivity index (χ0n) is 12.7. The summed E-state index contributed by atoms with van der Waals surface area (Å²) in [6, 6.07) is 8.24. The van der Waals surface area contributed by atoms with E-state index in [0.717, 1.165) is 18.8 Å². The number of aromatic nitrogens is 2. The smallest absolute Gasteiger partial charge is 0.119 e. The molecule has 108 valence electrons. The predicted molar refractivity (Wildman–Crippen MR) is 80.7 cm³/mol. The van der Waals surface area contributed by atoms with Crippen LogP contribution in [-0.4, -0.2) is 15.9 Å². The molecular formula is C16H23N3O. The molecule has 4 heteroatoms. The molecule has 20 heavy (non-hydrogen) atoms. The SMILES string of the molecule is Cc1c(CNCc2ccc(OC(C)C)cc2)cnn1C. The second kappa shape index (κ2) is 6.57.